The summed E-state index contributed by atoms with van der Waals surface area (Å²) in [5.41, 5.74) is 2.65. The van der Waals surface area contributed by atoms with Gasteiger partial charge in [0.05, 0.1) is 5.39 Å². The van der Waals surface area contributed by atoms with Gasteiger partial charge in [-0.15, -0.1) is 0 Å². The third-order valence-corrected chi connectivity index (χ3v) is 4.55. The second-order valence-corrected chi connectivity index (χ2v) is 6.47. The minimum atomic E-state index is -0.183. The van der Waals surface area contributed by atoms with Gasteiger partial charge in [0, 0.05) is 12.2 Å². The molecule has 0 unspecified atom stereocenters. The van der Waals surface area contributed by atoms with Crippen LogP contribution in [0.4, 0.5) is 0 Å². The first-order valence-electron chi connectivity index (χ1n) is 7.33. The summed E-state index contributed by atoms with van der Waals surface area (Å²) in [5.74, 6) is -0.183. The standard InChI is InChI=1S/C17H17N3O2S/c1-11-8-12(2)19-16-15(11)17(22)20(23-16)10-14(21)18-9-13-6-4-3-5-7-13/h3-8H,9-10H2,1-2H3,(H,18,21). The number of fused-ring (bicyclic) bond motifs is 1. The molecule has 0 bridgehead atoms. The van der Waals surface area contributed by atoms with E-state index < -0.39 is 0 Å². The van der Waals surface area contributed by atoms with Gasteiger partial charge in [0.25, 0.3) is 5.56 Å². The predicted octanol–water partition coefficient (Wildman–Crippen LogP) is 2.39. The monoisotopic (exact) mass is 327 g/mol. The zero-order valence-electron chi connectivity index (χ0n) is 13.0. The smallest absolute Gasteiger partial charge is 0.270 e. The summed E-state index contributed by atoms with van der Waals surface area (Å²) >= 11 is 1.23. The topological polar surface area (TPSA) is 64.0 Å². The lowest BCUT2D eigenvalue weighted by atomic mass is 10.2. The molecular weight excluding hydrogens is 310 g/mol. The van der Waals surface area contributed by atoms with E-state index in [9.17, 15) is 9.59 Å². The molecule has 0 fully saturated rings. The number of hydrogen-bond donors (Lipinski definition) is 1. The molecule has 0 saturated carbocycles. The number of amides is 1. The minimum absolute atomic E-state index is 0.0190. The number of carbonyl (C=O) groups is 1. The first-order chi connectivity index (χ1) is 11.0. The highest BCUT2D eigenvalue weighted by atomic mass is 32.1. The molecule has 118 valence electrons. The Labute approximate surface area is 137 Å². The van der Waals surface area contributed by atoms with Gasteiger partial charge < -0.3 is 5.32 Å². The first kappa shape index (κ1) is 15.4. The number of nitrogens with zero attached hydrogens (tertiary/aromatic N) is 2. The largest absolute Gasteiger partial charge is 0.350 e. The Bertz CT molecular complexity index is 913. The van der Waals surface area contributed by atoms with E-state index in [2.05, 4.69) is 10.3 Å². The number of hydrogen-bond acceptors (Lipinski definition) is 4. The third-order valence-electron chi connectivity index (χ3n) is 3.57. The number of carbonyl (C=O) groups excluding carboxylic acids is 1. The first-order valence-corrected chi connectivity index (χ1v) is 8.10. The van der Waals surface area contributed by atoms with E-state index in [1.165, 1.54) is 15.5 Å². The Kier molecular flexibility index (Phi) is 4.25. The van der Waals surface area contributed by atoms with Gasteiger partial charge in [0.2, 0.25) is 5.91 Å². The maximum atomic E-state index is 12.4. The van der Waals surface area contributed by atoms with Crippen LogP contribution in [-0.4, -0.2) is 14.8 Å². The third kappa shape index (κ3) is 3.32. The van der Waals surface area contributed by atoms with Crippen LogP contribution in [0.3, 0.4) is 0 Å². The van der Waals surface area contributed by atoms with E-state index in [-0.39, 0.29) is 18.0 Å². The Hall–Kier alpha value is -2.47. The maximum absolute atomic E-state index is 12.4. The molecule has 2 heterocycles. The van der Waals surface area contributed by atoms with Gasteiger partial charge in [0.15, 0.2) is 0 Å². The number of nitrogens with one attached hydrogen (secondary N) is 1. The molecule has 0 aliphatic rings. The molecule has 0 saturated heterocycles. The normalized spacial score (nSPS) is 10.9. The highest BCUT2D eigenvalue weighted by molar-refractivity contribution is 7.13. The lowest BCUT2D eigenvalue weighted by Crippen LogP contribution is -2.29. The summed E-state index contributed by atoms with van der Waals surface area (Å²) in [4.78, 5) is 29.6. The molecule has 0 atom stereocenters. The van der Waals surface area contributed by atoms with Crippen LogP contribution in [0, 0.1) is 13.8 Å². The average molecular weight is 327 g/mol. The molecule has 0 spiro atoms. The fraction of sp³-hybridized carbons (Fsp3) is 0.235. The van der Waals surface area contributed by atoms with E-state index in [1.54, 1.807) is 0 Å². The molecular formula is C17H17N3O2S. The second kappa shape index (κ2) is 6.34. The Balaban J connectivity index is 1.76. The molecule has 6 heteroatoms. The van der Waals surface area contributed by atoms with Gasteiger partial charge in [-0.1, -0.05) is 30.3 Å². The van der Waals surface area contributed by atoms with Gasteiger partial charge in [-0.3, -0.25) is 13.5 Å². The van der Waals surface area contributed by atoms with Crippen molar-refractivity contribution in [2.24, 2.45) is 0 Å². The number of benzene rings is 1. The lowest BCUT2D eigenvalue weighted by molar-refractivity contribution is -0.121. The second-order valence-electron chi connectivity index (χ2n) is 5.46. The quantitative estimate of drug-likeness (QED) is 0.800. The highest BCUT2D eigenvalue weighted by Crippen LogP contribution is 2.18. The SMILES string of the molecule is Cc1cc(C)c2c(=O)n(CC(=O)NCc3ccccc3)sc2n1. The van der Waals surface area contributed by atoms with E-state index >= 15 is 0 Å². The Morgan fingerprint density at radius 3 is 2.74 bits per heavy atom. The molecule has 3 rings (SSSR count). The van der Waals surface area contributed by atoms with Crippen molar-refractivity contribution in [1.29, 1.82) is 0 Å². The molecule has 1 amide bonds. The number of pyridine rings is 1. The van der Waals surface area contributed by atoms with E-state index in [1.807, 2.05) is 50.2 Å². The zero-order valence-corrected chi connectivity index (χ0v) is 13.8. The molecule has 5 nitrogen and oxygen atoms in total. The van der Waals surface area contributed by atoms with E-state index in [4.69, 9.17) is 0 Å². The zero-order chi connectivity index (χ0) is 16.4. The van der Waals surface area contributed by atoms with Crippen LogP contribution >= 0.6 is 11.5 Å². The number of aryl methyl sites for hydroxylation is 2. The van der Waals surface area contributed by atoms with Crippen LogP contribution in [0.1, 0.15) is 16.8 Å². The summed E-state index contributed by atoms with van der Waals surface area (Å²) in [5, 5.41) is 3.44. The van der Waals surface area contributed by atoms with Crippen molar-refractivity contribution in [3.63, 3.8) is 0 Å². The van der Waals surface area contributed by atoms with Crippen molar-refractivity contribution in [1.82, 2.24) is 14.3 Å². The molecule has 23 heavy (non-hydrogen) atoms. The molecule has 3 aromatic rings. The van der Waals surface area contributed by atoms with Crippen LogP contribution in [0.15, 0.2) is 41.2 Å². The summed E-state index contributed by atoms with van der Waals surface area (Å²) in [6.07, 6.45) is 0. The van der Waals surface area contributed by atoms with Crippen molar-refractivity contribution in [2.45, 2.75) is 26.9 Å². The van der Waals surface area contributed by atoms with E-state index in [0.717, 1.165) is 16.8 Å². The van der Waals surface area contributed by atoms with Crippen molar-refractivity contribution in [3.05, 3.63) is 63.6 Å². The molecule has 0 radical (unpaired) electrons. The van der Waals surface area contributed by atoms with Crippen molar-refractivity contribution in [2.75, 3.05) is 0 Å². The summed E-state index contributed by atoms with van der Waals surface area (Å²) in [7, 11) is 0. The fourth-order valence-electron chi connectivity index (χ4n) is 2.49. The van der Waals surface area contributed by atoms with Crippen molar-refractivity contribution < 1.29 is 4.79 Å². The van der Waals surface area contributed by atoms with Crippen molar-refractivity contribution >= 4 is 27.7 Å². The summed E-state index contributed by atoms with van der Waals surface area (Å²) in [6, 6.07) is 11.6. The van der Waals surface area contributed by atoms with E-state index in [0.29, 0.717) is 16.8 Å². The minimum Gasteiger partial charge on any atom is -0.350 e. The molecule has 0 aliphatic heterocycles. The summed E-state index contributed by atoms with van der Waals surface area (Å²) < 4.78 is 1.46. The highest BCUT2D eigenvalue weighted by Gasteiger charge is 2.14. The van der Waals surface area contributed by atoms with Gasteiger partial charge in [-0.05, 0) is 42.6 Å². The maximum Gasteiger partial charge on any atom is 0.270 e. The van der Waals surface area contributed by atoms with Crippen LogP contribution in [0.5, 0.6) is 0 Å². The van der Waals surface area contributed by atoms with Gasteiger partial charge in [-0.2, -0.15) is 0 Å². The van der Waals surface area contributed by atoms with Gasteiger partial charge in [0.1, 0.15) is 11.4 Å². The molecule has 0 aliphatic carbocycles. The number of aromatic nitrogens is 2. The fourth-order valence-corrected chi connectivity index (χ4v) is 3.58. The van der Waals surface area contributed by atoms with Crippen molar-refractivity contribution in [3.8, 4) is 0 Å². The Morgan fingerprint density at radius 1 is 1.26 bits per heavy atom. The van der Waals surface area contributed by atoms with Crippen LogP contribution in [0.2, 0.25) is 0 Å². The van der Waals surface area contributed by atoms with Crippen LogP contribution in [-0.2, 0) is 17.9 Å². The lowest BCUT2D eigenvalue weighted by Gasteiger charge is -2.04. The molecule has 2 aromatic heterocycles. The predicted molar refractivity (Wildman–Crippen MR) is 91.6 cm³/mol. The van der Waals surface area contributed by atoms with Crippen LogP contribution < -0.4 is 10.9 Å². The molecule has 1 N–H and O–H groups in total. The molecule has 1 aromatic carbocycles. The number of rotatable bonds is 4. The Morgan fingerprint density at radius 2 is 2.00 bits per heavy atom. The van der Waals surface area contributed by atoms with Gasteiger partial charge >= 0.3 is 0 Å². The average Bonchev–Trinajstić information content (AvgIpc) is 2.82. The van der Waals surface area contributed by atoms with Gasteiger partial charge in [-0.25, -0.2) is 4.98 Å². The summed E-state index contributed by atoms with van der Waals surface area (Å²) in [6.45, 7) is 4.26. The van der Waals surface area contributed by atoms with Crippen LogP contribution in [0.25, 0.3) is 10.2 Å².